The van der Waals surface area contributed by atoms with Gasteiger partial charge in [-0.3, -0.25) is 0 Å². The van der Waals surface area contributed by atoms with Crippen LogP contribution in [-0.2, 0) is 15.9 Å². The molecule has 2 aromatic rings. The Labute approximate surface area is 144 Å². The van der Waals surface area contributed by atoms with Gasteiger partial charge in [0.05, 0.1) is 19.8 Å². The summed E-state index contributed by atoms with van der Waals surface area (Å²) in [4.78, 5) is 2.23. The van der Waals surface area contributed by atoms with Gasteiger partial charge in [0.2, 0.25) is 5.13 Å². The van der Waals surface area contributed by atoms with Gasteiger partial charge in [0, 0.05) is 24.4 Å². The Morgan fingerprint density at radius 1 is 1.17 bits per heavy atom. The summed E-state index contributed by atoms with van der Waals surface area (Å²) in [6.45, 7) is 3.09. The van der Waals surface area contributed by atoms with Crippen LogP contribution in [0.25, 0.3) is 0 Å². The first-order chi connectivity index (χ1) is 11.2. The van der Waals surface area contributed by atoms with Gasteiger partial charge in [0.1, 0.15) is 5.01 Å². The fourth-order valence-electron chi connectivity index (χ4n) is 3.10. The van der Waals surface area contributed by atoms with Crippen LogP contribution in [0.5, 0.6) is 0 Å². The third-order valence-electron chi connectivity index (χ3n) is 4.23. The van der Waals surface area contributed by atoms with Crippen molar-refractivity contribution < 1.29 is 9.47 Å². The number of benzene rings is 1. The molecule has 0 N–H and O–H groups in total. The number of halogens is 1. The van der Waals surface area contributed by atoms with Crippen molar-refractivity contribution in [2.24, 2.45) is 0 Å². The van der Waals surface area contributed by atoms with E-state index in [1.54, 1.807) is 11.3 Å². The maximum Gasteiger partial charge on any atom is 0.208 e. The quantitative estimate of drug-likeness (QED) is 0.850. The standard InChI is InChI=1S/C16H18ClN3O2S/c17-13-4-2-12(3-5-13)10-14-18-19-15(23-14)20-7-1-6-16(11-20)21-8-9-22-16/h2-5H,1,6-11H2. The van der Waals surface area contributed by atoms with Gasteiger partial charge in [-0.05, 0) is 24.1 Å². The topological polar surface area (TPSA) is 47.5 Å². The highest BCUT2D eigenvalue weighted by Gasteiger charge is 2.41. The Hall–Kier alpha value is -1.21. The lowest BCUT2D eigenvalue weighted by atomic mass is 10.1. The molecule has 0 unspecified atom stereocenters. The highest BCUT2D eigenvalue weighted by atomic mass is 35.5. The molecule has 2 saturated heterocycles. The average molecular weight is 352 g/mol. The van der Waals surface area contributed by atoms with Crippen molar-refractivity contribution >= 4 is 28.1 Å². The van der Waals surface area contributed by atoms with Gasteiger partial charge in [0.15, 0.2) is 5.79 Å². The van der Waals surface area contributed by atoms with Gasteiger partial charge in [-0.2, -0.15) is 0 Å². The maximum absolute atomic E-state index is 5.92. The molecular formula is C16H18ClN3O2S. The predicted molar refractivity (Wildman–Crippen MR) is 90.2 cm³/mol. The lowest BCUT2D eigenvalue weighted by molar-refractivity contribution is -0.161. The SMILES string of the molecule is Clc1ccc(Cc2nnc(N3CCCC4(C3)OCCO4)s2)cc1. The smallest absolute Gasteiger partial charge is 0.208 e. The molecule has 7 heteroatoms. The lowest BCUT2D eigenvalue weighted by Gasteiger charge is -2.38. The molecule has 0 radical (unpaired) electrons. The second-order valence-corrected chi connectivity index (χ2v) is 7.39. The first-order valence-corrected chi connectivity index (χ1v) is 9.02. The minimum absolute atomic E-state index is 0.430. The number of rotatable bonds is 3. The summed E-state index contributed by atoms with van der Waals surface area (Å²) in [5, 5.41) is 11.4. The number of hydrogen-bond donors (Lipinski definition) is 0. The molecule has 0 saturated carbocycles. The van der Waals surface area contributed by atoms with Crippen molar-refractivity contribution in [1.82, 2.24) is 10.2 Å². The number of nitrogens with zero attached hydrogens (tertiary/aromatic N) is 3. The highest BCUT2D eigenvalue weighted by Crippen LogP contribution is 2.33. The van der Waals surface area contributed by atoms with Crippen LogP contribution in [0.15, 0.2) is 24.3 Å². The van der Waals surface area contributed by atoms with E-state index in [0.29, 0.717) is 13.2 Å². The van der Waals surface area contributed by atoms with Crippen molar-refractivity contribution in [3.63, 3.8) is 0 Å². The first kappa shape index (κ1) is 15.3. The summed E-state index contributed by atoms with van der Waals surface area (Å²) < 4.78 is 11.7. The third kappa shape index (κ3) is 3.35. The molecule has 2 aliphatic heterocycles. The predicted octanol–water partition coefficient (Wildman–Crippen LogP) is 3.13. The Morgan fingerprint density at radius 2 is 1.96 bits per heavy atom. The van der Waals surface area contributed by atoms with E-state index >= 15 is 0 Å². The van der Waals surface area contributed by atoms with Gasteiger partial charge in [-0.25, -0.2) is 0 Å². The van der Waals surface area contributed by atoms with Crippen LogP contribution in [0.4, 0.5) is 5.13 Å². The van der Waals surface area contributed by atoms with Crippen molar-refractivity contribution in [3.05, 3.63) is 39.9 Å². The summed E-state index contributed by atoms with van der Waals surface area (Å²) in [5.41, 5.74) is 1.19. The van der Waals surface area contributed by atoms with Crippen LogP contribution in [0, 0.1) is 0 Å². The molecule has 1 aromatic heterocycles. The van der Waals surface area contributed by atoms with E-state index in [1.165, 1.54) is 5.56 Å². The van der Waals surface area contributed by atoms with Gasteiger partial charge in [-0.1, -0.05) is 35.1 Å². The molecule has 1 spiro atoms. The highest BCUT2D eigenvalue weighted by molar-refractivity contribution is 7.15. The largest absolute Gasteiger partial charge is 0.346 e. The monoisotopic (exact) mass is 351 g/mol. The number of piperidine rings is 1. The molecule has 122 valence electrons. The molecular weight excluding hydrogens is 334 g/mol. The summed E-state index contributed by atoms with van der Waals surface area (Å²) in [6, 6.07) is 7.86. The summed E-state index contributed by atoms with van der Waals surface area (Å²) in [5.74, 6) is -0.430. The molecule has 3 heterocycles. The summed E-state index contributed by atoms with van der Waals surface area (Å²) in [7, 11) is 0. The molecule has 5 nitrogen and oxygen atoms in total. The number of anilines is 1. The Balaban J connectivity index is 1.46. The van der Waals surface area contributed by atoms with E-state index in [9.17, 15) is 0 Å². The van der Waals surface area contributed by atoms with Crippen LogP contribution in [-0.4, -0.2) is 42.3 Å². The minimum atomic E-state index is -0.430. The Bertz CT molecular complexity index is 670. The molecule has 4 rings (SSSR count). The molecule has 2 aliphatic rings. The van der Waals surface area contributed by atoms with E-state index in [2.05, 4.69) is 15.1 Å². The zero-order valence-corrected chi connectivity index (χ0v) is 14.3. The van der Waals surface area contributed by atoms with Gasteiger partial charge >= 0.3 is 0 Å². The zero-order valence-electron chi connectivity index (χ0n) is 12.7. The Kier molecular flexibility index (Phi) is 4.24. The van der Waals surface area contributed by atoms with E-state index in [1.807, 2.05) is 24.3 Å². The molecule has 23 heavy (non-hydrogen) atoms. The number of ether oxygens (including phenoxy) is 2. The first-order valence-electron chi connectivity index (χ1n) is 7.82. The van der Waals surface area contributed by atoms with E-state index in [-0.39, 0.29) is 0 Å². The Morgan fingerprint density at radius 3 is 2.74 bits per heavy atom. The average Bonchev–Trinajstić information content (AvgIpc) is 3.20. The fourth-order valence-corrected chi connectivity index (χ4v) is 4.13. The number of hydrogen-bond acceptors (Lipinski definition) is 6. The summed E-state index contributed by atoms with van der Waals surface area (Å²) in [6.07, 6.45) is 2.78. The van der Waals surface area contributed by atoms with Crippen LogP contribution in [0.2, 0.25) is 5.02 Å². The second-order valence-electron chi connectivity index (χ2n) is 5.91. The van der Waals surface area contributed by atoms with Gasteiger partial charge in [0.25, 0.3) is 0 Å². The molecule has 2 fully saturated rings. The minimum Gasteiger partial charge on any atom is -0.346 e. The van der Waals surface area contributed by atoms with Crippen molar-refractivity contribution in [2.45, 2.75) is 25.0 Å². The molecule has 0 aliphatic carbocycles. The van der Waals surface area contributed by atoms with E-state index in [4.69, 9.17) is 21.1 Å². The molecule has 1 aromatic carbocycles. The van der Waals surface area contributed by atoms with Crippen molar-refractivity contribution in [1.29, 1.82) is 0 Å². The number of aromatic nitrogens is 2. The van der Waals surface area contributed by atoms with Crippen LogP contribution < -0.4 is 4.90 Å². The molecule has 0 bridgehead atoms. The second kappa shape index (κ2) is 6.36. The van der Waals surface area contributed by atoms with Gasteiger partial charge in [-0.15, -0.1) is 10.2 Å². The normalized spacial score (nSPS) is 20.3. The molecule has 0 amide bonds. The lowest BCUT2D eigenvalue weighted by Crippen LogP contribution is -2.49. The van der Waals surface area contributed by atoms with Crippen LogP contribution in [0.1, 0.15) is 23.4 Å². The van der Waals surface area contributed by atoms with Crippen LogP contribution in [0.3, 0.4) is 0 Å². The fraction of sp³-hybridized carbons (Fsp3) is 0.500. The van der Waals surface area contributed by atoms with Crippen LogP contribution >= 0.6 is 22.9 Å². The third-order valence-corrected chi connectivity index (χ3v) is 5.46. The van der Waals surface area contributed by atoms with Crippen molar-refractivity contribution in [3.8, 4) is 0 Å². The van der Waals surface area contributed by atoms with E-state index < -0.39 is 5.79 Å². The maximum atomic E-state index is 5.92. The van der Waals surface area contributed by atoms with Crippen molar-refractivity contribution in [2.75, 3.05) is 31.2 Å². The van der Waals surface area contributed by atoms with E-state index in [0.717, 1.165) is 47.5 Å². The van der Waals surface area contributed by atoms with Gasteiger partial charge < -0.3 is 14.4 Å². The zero-order chi connectivity index (χ0) is 15.7. The molecule has 0 atom stereocenters. The summed E-state index contributed by atoms with van der Waals surface area (Å²) >= 11 is 7.56.